The first-order valence-corrected chi connectivity index (χ1v) is 7.07. The molecule has 0 radical (unpaired) electrons. The van der Waals surface area contributed by atoms with Gasteiger partial charge in [-0.05, 0) is 37.1 Å². The zero-order chi connectivity index (χ0) is 15.4. The molecule has 0 bridgehead atoms. The number of rotatable bonds is 4. The van der Waals surface area contributed by atoms with Gasteiger partial charge in [0.05, 0.1) is 17.9 Å². The molecule has 1 aromatic carbocycles. The van der Waals surface area contributed by atoms with Crippen molar-refractivity contribution < 1.29 is 9.53 Å². The van der Waals surface area contributed by atoms with Gasteiger partial charge in [-0.1, -0.05) is 29.8 Å². The molecule has 4 nitrogen and oxygen atoms in total. The number of hydrogen-bond donors (Lipinski definition) is 1. The normalized spacial score (nSPS) is 10.4. The number of nitrogens with two attached hydrogens (primary N) is 1. The number of ether oxygens (including phenoxy) is 1. The first-order chi connectivity index (χ1) is 10.0. The Hall–Kier alpha value is -2.07. The second-order valence-electron chi connectivity index (χ2n) is 4.65. The maximum atomic E-state index is 11.9. The molecule has 0 aliphatic rings. The van der Waals surface area contributed by atoms with Crippen molar-refractivity contribution in [3.05, 3.63) is 57.7 Å². The molecule has 0 amide bonds. The van der Waals surface area contributed by atoms with E-state index in [9.17, 15) is 4.79 Å². The van der Waals surface area contributed by atoms with E-state index in [0.717, 1.165) is 11.1 Å². The van der Waals surface area contributed by atoms with Crippen molar-refractivity contribution in [1.29, 1.82) is 0 Å². The number of aromatic nitrogens is 1. The van der Waals surface area contributed by atoms with E-state index in [1.54, 1.807) is 19.9 Å². The van der Waals surface area contributed by atoms with Crippen LogP contribution in [0.1, 0.15) is 34.1 Å². The zero-order valence-electron chi connectivity index (χ0n) is 12.0. The van der Waals surface area contributed by atoms with Gasteiger partial charge in [-0.15, -0.1) is 0 Å². The van der Waals surface area contributed by atoms with E-state index < -0.39 is 0 Å². The van der Waals surface area contributed by atoms with Crippen LogP contribution in [0.2, 0.25) is 5.02 Å². The number of carbonyl (C=O) groups excluding carboxylic acids is 1. The van der Waals surface area contributed by atoms with Crippen molar-refractivity contribution in [2.24, 2.45) is 0 Å². The number of nitrogens with zero attached hydrogens (tertiary/aromatic N) is 1. The predicted octanol–water partition coefficient (Wildman–Crippen LogP) is 3.39. The molecule has 0 aliphatic carbocycles. The molecule has 0 saturated heterocycles. The lowest BCUT2D eigenvalue weighted by Gasteiger charge is -2.11. The molecule has 1 aromatic heterocycles. The summed E-state index contributed by atoms with van der Waals surface area (Å²) in [5, 5.41) is 0.662. The number of carbonyl (C=O) groups is 1. The summed E-state index contributed by atoms with van der Waals surface area (Å²) in [5.41, 5.74) is 8.66. The Balaban J connectivity index is 2.38. The van der Waals surface area contributed by atoms with E-state index in [0.29, 0.717) is 35.1 Å². The molecule has 0 aliphatic heterocycles. The number of anilines is 1. The fourth-order valence-electron chi connectivity index (χ4n) is 2.07. The van der Waals surface area contributed by atoms with Crippen molar-refractivity contribution in [2.75, 3.05) is 12.3 Å². The van der Waals surface area contributed by atoms with Crippen molar-refractivity contribution >= 4 is 23.4 Å². The van der Waals surface area contributed by atoms with Gasteiger partial charge in [-0.2, -0.15) is 0 Å². The molecule has 110 valence electrons. The highest BCUT2D eigenvalue weighted by atomic mass is 35.5. The van der Waals surface area contributed by atoms with Gasteiger partial charge < -0.3 is 10.5 Å². The largest absolute Gasteiger partial charge is 0.462 e. The smallest absolute Gasteiger partial charge is 0.339 e. The number of esters is 1. The van der Waals surface area contributed by atoms with Gasteiger partial charge in [-0.25, -0.2) is 9.78 Å². The molecule has 2 rings (SSSR count). The van der Waals surface area contributed by atoms with Crippen LogP contribution in [0.25, 0.3) is 0 Å². The molecule has 0 spiro atoms. The van der Waals surface area contributed by atoms with E-state index in [1.807, 2.05) is 24.3 Å². The van der Waals surface area contributed by atoms with Crippen LogP contribution < -0.4 is 5.73 Å². The quantitative estimate of drug-likeness (QED) is 0.879. The summed E-state index contributed by atoms with van der Waals surface area (Å²) in [6, 6.07) is 9.25. The topological polar surface area (TPSA) is 65.2 Å². The van der Waals surface area contributed by atoms with Crippen LogP contribution in [0.5, 0.6) is 0 Å². The minimum atomic E-state index is -0.386. The summed E-state index contributed by atoms with van der Waals surface area (Å²) < 4.78 is 5.03. The Morgan fingerprint density at radius 3 is 2.71 bits per heavy atom. The van der Waals surface area contributed by atoms with Crippen LogP contribution in [0.15, 0.2) is 30.3 Å². The van der Waals surface area contributed by atoms with E-state index in [1.165, 1.54) is 0 Å². The van der Waals surface area contributed by atoms with Gasteiger partial charge >= 0.3 is 5.97 Å². The van der Waals surface area contributed by atoms with Crippen molar-refractivity contribution in [3.8, 4) is 0 Å². The van der Waals surface area contributed by atoms with Crippen molar-refractivity contribution in [2.45, 2.75) is 20.3 Å². The molecule has 2 aromatic rings. The number of halogens is 1. The fraction of sp³-hybridized carbons (Fsp3) is 0.250. The fourth-order valence-corrected chi connectivity index (χ4v) is 2.27. The second-order valence-corrected chi connectivity index (χ2v) is 5.06. The zero-order valence-corrected chi connectivity index (χ0v) is 12.8. The predicted molar refractivity (Wildman–Crippen MR) is 83.6 cm³/mol. The van der Waals surface area contributed by atoms with E-state index in [-0.39, 0.29) is 5.97 Å². The second kappa shape index (κ2) is 6.59. The van der Waals surface area contributed by atoms with Crippen LogP contribution in [0.4, 0.5) is 5.82 Å². The average molecular weight is 305 g/mol. The highest BCUT2D eigenvalue weighted by molar-refractivity contribution is 6.31. The summed E-state index contributed by atoms with van der Waals surface area (Å²) in [6.07, 6.45) is 0.519. The summed E-state index contributed by atoms with van der Waals surface area (Å²) in [7, 11) is 0. The average Bonchev–Trinajstić information content (AvgIpc) is 2.44. The van der Waals surface area contributed by atoms with Crippen LogP contribution in [0, 0.1) is 6.92 Å². The molecule has 0 atom stereocenters. The van der Waals surface area contributed by atoms with E-state index >= 15 is 0 Å². The summed E-state index contributed by atoms with van der Waals surface area (Å²) >= 11 is 6.16. The SMILES string of the molecule is CCOC(=O)c1cc(Cc2ccccc2Cl)c(N)nc1C. The molecule has 1 heterocycles. The van der Waals surface area contributed by atoms with Gasteiger partial charge in [0, 0.05) is 11.4 Å². The standard InChI is InChI=1S/C16H17ClN2O2/c1-3-21-16(20)13-9-12(15(18)19-10(13)2)8-11-6-4-5-7-14(11)17/h4-7,9H,3,8H2,1-2H3,(H2,18,19). The van der Waals surface area contributed by atoms with Crippen LogP contribution in [0.3, 0.4) is 0 Å². The molecule has 5 heteroatoms. The van der Waals surface area contributed by atoms with Crippen LogP contribution in [-0.4, -0.2) is 17.6 Å². The number of benzene rings is 1. The van der Waals surface area contributed by atoms with Crippen LogP contribution in [-0.2, 0) is 11.2 Å². The summed E-state index contributed by atoms with van der Waals surface area (Å²) in [4.78, 5) is 16.2. The first-order valence-electron chi connectivity index (χ1n) is 6.69. The highest BCUT2D eigenvalue weighted by Gasteiger charge is 2.15. The lowest BCUT2D eigenvalue weighted by molar-refractivity contribution is 0.0525. The number of pyridine rings is 1. The number of aryl methyl sites for hydroxylation is 1. The van der Waals surface area contributed by atoms with Gasteiger partial charge in [0.15, 0.2) is 0 Å². The molecule has 21 heavy (non-hydrogen) atoms. The first kappa shape index (κ1) is 15.3. The summed E-state index contributed by atoms with van der Waals surface area (Å²) in [5.74, 6) is 0.0170. The lowest BCUT2D eigenvalue weighted by atomic mass is 10.0. The third-order valence-corrected chi connectivity index (χ3v) is 3.53. The minimum absolute atomic E-state index is 0.322. The van der Waals surface area contributed by atoms with Crippen molar-refractivity contribution in [1.82, 2.24) is 4.98 Å². The lowest BCUT2D eigenvalue weighted by Crippen LogP contribution is -2.11. The number of hydrogen-bond acceptors (Lipinski definition) is 4. The van der Waals surface area contributed by atoms with Crippen molar-refractivity contribution in [3.63, 3.8) is 0 Å². The van der Waals surface area contributed by atoms with Crippen LogP contribution >= 0.6 is 11.6 Å². The Labute approximate surface area is 128 Å². The third-order valence-electron chi connectivity index (χ3n) is 3.16. The maximum absolute atomic E-state index is 11.9. The van der Waals surface area contributed by atoms with Gasteiger partial charge in [-0.3, -0.25) is 0 Å². The Kier molecular flexibility index (Phi) is 4.81. The Morgan fingerprint density at radius 1 is 1.33 bits per heavy atom. The highest BCUT2D eigenvalue weighted by Crippen LogP contribution is 2.23. The molecule has 0 fully saturated rings. The molecule has 0 saturated carbocycles. The van der Waals surface area contributed by atoms with E-state index in [4.69, 9.17) is 22.1 Å². The summed E-state index contributed by atoms with van der Waals surface area (Å²) in [6.45, 7) is 3.83. The Bertz CT molecular complexity index is 671. The molecular weight excluding hydrogens is 288 g/mol. The maximum Gasteiger partial charge on any atom is 0.339 e. The van der Waals surface area contributed by atoms with Gasteiger partial charge in [0.1, 0.15) is 5.82 Å². The Morgan fingerprint density at radius 2 is 2.05 bits per heavy atom. The molecular formula is C16H17ClN2O2. The minimum Gasteiger partial charge on any atom is -0.462 e. The van der Waals surface area contributed by atoms with Gasteiger partial charge in [0.2, 0.25) is 0 Å². The van der Waals surface area contributed by atoms with E-state index in [2.05, 4.69) is 4.98 Å². The monoisotopic (exact) mass is 304 g/mol. The third kappa shape index (κ3) is 3.52. The molecule has 2 N–H and O–H groups in total. The molecule has 0 unspecified atom stereocenters. The van der Waals surface area contributed by atoms with Gasteiger partial charge in [0.25, 0.3) is 0 Å². The number of nitrogen functional groups attached to an aromatic ring is 1.